The Bertz CT molecular complexity index is 986. The normalized spacial score (nSPS) is 17.4. The van der Waals surface area contributed by atoms with E-state index in [2.05, 4.69) is 14.5 Å². The highest BCUT2D eigenvalue weighted by Gasteiger charge is 2.30. The first-order valence-electron chi connectivity index (χ1n) is 9.55. The fraction of sp³-hybridized carbons (Fsp3) is 0.500. The van der Waals surface area contributed by atoms with E-state index in [1.165, 1.54) is 0 Å². The average Bonchev–Trinajstić information content (AvgIpc) is 3.35. The van der Waals surface area contributed by atoms with Crippen molar-refractivity contribution < 1.29 is 4.79 Å². The van der Waals surface area contributed by atoms with Gasteiger partial charge in [0.1, 0.15) is 5.82 Å². The molecule has 3 aromatic heterocycles. The lowest BCUT2D eigenvalue weighted by molar-refractivity contribution is -0.133. The van der Waals surface area contributed by atoms with Gasteiger partial charge in [0.15, 0.2) is 5.65 Å². The number of aromatic nitrogens is 5. The standard InChI is InChI=1S/C20H26N6O/c1-13(2)20(27)25-9-6-16(11-25)18-5-7-22-19-17(14(3)23-26(18)19)12-24-10-8-21-15(24)4/h5,7-8,10,13,16H,6,9,11-12H2,1-4H3/t16-/m0/s1. The molecule has 1 fully saturated rings. The molecular formula is C20H26N6O. The van der Waals surface area contributed by atoms with E-state index in [9.17, 15) is 4.79 Å². The molecule has 1 amide bonds. The van der Waals surface area contributed by atoms with Gasteiger partial charge >= 0.3 is 0 Å². The Morgan fingerprint density at radius 3 is 2.78 bits per heavy atom. The highest BCUT2D eigenvalue weighted by atomic mass is 16.2. The number of likely N-dealkylation sites (tertiary alicyclic amines) is 1. The van der Waals surface area contributed by atoms with Crippen LogP contribution in [-0.2, 0) is 11.3 Å². The summed E-state index contributed by atoms with van der Waals surface area (Å²) in [6.07, 6.45) is 6.62. The van der Waals surface area contributed by atoms with Crippen LogP contribution < -0.4 is 0 Å². The molecule has 0 radical (unpaired) electrons. The third-order valence-electron chi connectivity index (χ3n) is 5.51. The van der Waals surface area contributed by atoms with E-state index < -0.39 is 0 Å². The number of amides is 1. The molecule has 142 valence electrons. The number of hydrogen-bond donors (Lipinski definition) is 0. The molecule has 0 N–H and O–H groups in total. The lowest BCUT2D eigenvalue weighted by Crippen LogP contribution is -2.32. The van der Waals surface area contributed by atoms with Gasteiger partial charge in [-0.05, 0) is 26.3 Å². The second kappa shape index (κ2) is 6.79. The second-order valence-corrected chi connectivity index (χ2v) is 7.70. The summed E-state index contributed by atoms with van der Waals surface area (Å²) >= 11 is 0. The second-order valence-electron chi connectivity index (χ2n) is 7.70. The molecule has 0 bridgehead atoms. The van der Waals surface area contributed by atoms with Crippen molar-refractivity contribution in [1.29, 1.82) is 0 Å². The molecule has 7 heteroatoms. The predicted molar refractivity (Wildman–Crippen MR) is 103 cm³/mol. The summed E-state index contributed by atoms with van der Waals surface area (Å²) in [4.78, 5) is 23.2. The van der Waals surface area contributed by atoms with Crippen molar-refractivity contribution in [2.24, 2.45) is 5.92 Å². The number of carbonyl (C=O) groups is 1. The molecular weight excluding hydrogens is 340 g/mol. The first-order valence-corrected chi connectivity index (χ1v) is 9.55. The molecule has 0 saturated carbocycles. The van der Waals surface area contributed by atoms with Crippen LogP contribution in [0.2, 0.25) is 0 Å². The summed E-state index contributed by atoms with van der Waals surface area (Å²) in [5.41, 5.74) is 4.13. The minimum atomic E-state index is 0.0400. The lowest BCUT2D eigenvalue weighted by Gasteiger charge is -2.19. The molecule has 27 heavy (non-hydrogen) atoms. The highest BCUT2D eigenvalue weighted by molar-refractivity contribution is 5.78. The maximum Gasteiger partial charge on any atom is 0.225 e. The zero-order valence-electron chi connectivity index (χ0n) is 16.4. The summed E-state index contributed by atoms with van der Waals surface area (Å²) in [5.74, 6) is 1.54. The number of imidazole rings is 1. The Morgan fingerprint density at radius 2 is 2.07 bits per heavy atom. The maximum absolute atomic E-state index is 12.3. The van der Waals surface area contributed by atoms with Crippen molar-refractivity contribution in [3.8, 4) is 0 Å². The molecule has 4 heterocycles. The van der Waals surface area contributed by atoms with E-state index in [1.807, 2.05) is 61.8 Å². The van der Waals surface area contributed by atoms with Gasteiger partial charge in [-0.15, -0.1) is 0 Å². The molecule has 0 aliphatic carbocycles. The maximum atomic E-state index is 12.3. The van der Waals surface area contributed by atoms with Crippen LogP contribution in [0.25, 0.3) is 5.65 Å². The van der Waals surface area contributed by atoms with E-state index in [4.69, 9.17) is 5.10 Å². The molecule has 1 atom stereocenters. The van der Waals surface area contributed by atoms with E-state index >= 15 is 0 Å². The quantitative estimate of drug-likeness (QED) is 0.712. The lowest BCUT2D eigenvalue weighted by atomic mass is 10.0. The molecule has 1 saturated heterocycles. The van der Waals surface area contributed by atoms with Gasteiger partial charge < -0.3 is 9.47 Å². The Labute approximate surface area is 159 Å². The first kappa shape index (κ1) is 17.7. The smallest absolute Gasteiger partial charge is 0.225 e. The third kappa shape index (κ3) is 3.11. The summed E-state index contributed by atoms with van der Waals surface area (Å²) in [7, 11) is 0. The summed E-state index contributed by atoms with van der Waals surface area (Å²) in [5, 5.41) is 4.79. The van der Waals surface area contributed by atoms with Crippen LogP contribution in [-0.4, -0.2) is 48.0 Å². The van der Waals surface area contributed by atoms with Crippen molar-refractivity contribution in [2.75, 3.05) is 13.1 Å². The molecule has 0 unspecified atom stereocenters. The molecule has 1 aliphatic rings. The van der Waals surface area contributed by atoms with Crippen LogP contribution in [0, 0.1) is 19.8 Å². The number of carbonyl (C=O) groups excluding carboxylic acids is 1. The van der Waals surface area contributed by atoms with E-state index in [1.54, 1.807) is 0 Å². The van der Waals surface area contributed by atoms with Crippen LogP contribution in [0.4, 0.5) is 0 Å². The highest BCUT2D eigenvalue weighted by Crippen LogP contribution is 2.29. The summed E-state index contributed by atoms with van der Waals surface area (Å²) in [6.45, 7) is 10.2. The molecule has 1 aliphatic heterocycles. The van der Waals surface area contributed by atoms with Gasteiger partial charge in [-0.25, -0.2) is 14.5 Å². The zero-order chi connectivity index (χ0) is 19.1. The Morgan fingerprint density at radius 1 is 1.26 bits per heavy atom. The van der Waals surface area contributed by atoms with E-state index in [-0.39, 0.29) is 11.8 Å². The van der Waals surface area contributed by atoms with Gasteiger partial charge in [-0.2, -0.15) is 5.10 Å². The monoisotopic (exact) mass is 366 g/mol. The molecule has 0 aromatic carbocycles. The Kier molecular flexibility index (Phi) is 4.45. The average molecular weight is 366 g/mol. The molecule has 4 rings (SSSR count). The minimum absolute atomic E-state index is 0.0400. The first-order chi connectivity index (χ1) is 13.0. The summed E-state index contributed by atoms with van der Waals surface area (Å²) < 4.78 is 4.09. The van der Waals surface area contributed by atoms with Crippen molar-refractivity contribution in [3.05, 3.63) is 47.4 Å². The number of aryl methyl sites for hydroxylation is 2. The number of rotatable bonds is 4. The van der Waals surface area contributed by atoms with Gasteiger partial charge in [0.25, 0.3) is 0 Å². The zero-order valence-corrected chi connectivity index (χ0v) is 16.4. The van der Waals surface area contributed by atoms with Crippen molar-refractivity contribution in [1.82, 2.24) is 29.0 Å². The van der Waals surface area contributed by atoms with Crippen LogP contribution in [0.3, 0.4) is 0 Å². The van der Waals surface area contributed by atoms with Gasteiger partial charge in [0, 0.05) is 49.1 Å². The van der Waals surface area contributed by atoms with Crippen molar-refractivity contribution in [2.45, 2.75) is 46.6 Å². The number of hydrogen-bond acceptors (Lipinski definition) is 4. The fourth-order valence-corrected chi connectivity index (χ4v) is 3.92. The van der Waals surface area contributed by atoms with Crippen LogP contribution >= 0.6 is 0 Å². The van der Waals surface area contributed by atoms with Gasteiger partial charge in [-0.3, -0.25) is 4.79 Å². The van der Waals surface area contributed by atoms with Crippen molar-refractivity contribution >= 4 is 11.6 Å². The van der Waals surface area contributed by atoms with Crippen LogP contribution in [0.15, 0.2) is 24.7 Å². The van der Waals surface area contributed by atoms with Crippen LogP contribution in [0.5, 0.6) is 0 Å². The topological polar surface area (TPSA) is 68.3 Å². The molecule has 7 nitrogen and oxygen atoms in total. The summed E-state index contributed by atoms with van der Waals surface area (Å²) in [6, 6.07) is 2.04. The third-order valence-corrected chi connectivity index (χ3v) is 5.51. The number of fused-ring (bicyclic) bond motifs is 1. The Hall–Kier alpha value is -2.70. The SMILES string of the molecule is Cc1nn2c([C@H]3CCN(C(=O)C(C)C)C3)ccnc2c1Cn1ccnc1C. The van der Waals surface area contributed by atoms with E-state index in [0.717, 1.165) is 47.9 Å². The van der Waals surface area contributed by atoms with Gasteiger partial charge in [-0.1, -0.05) is 13.8 Å². The predicted octanol–water partition coefficient (Wildman–Crippen LogP) is 2.56. The van der Waals surface area contributed by atoms with Gasteiger partial charge in [0.05, 0.1) is 17.9 Å². The fourth-order valence-electron chi connectivity index (χ4n) is 3.92. The van der Waals surface area contributed by atoms with Gasteiger partial charge in [0.2, 0.25) is 5.91 Å². The largest absolute Gasteiger partial charge is 0.342 e. The Balaban J connectivity index is 1.67. The van der Waals surface area contributed by atoms with E-state index in [0.29, 0.717) is 12.5 Å². The molecule has 3 aromatic rings. The minimum Gasteiger partial charge on any atom is -0.342 e. The molecule has 0 spiro atoms. The number of nitrogens with zero attached hydrogens (tertiary/aromatic N) is 6. The van der Waals surface area contributed by atoms with Crippen molar-refractivity contribution in [3.63, 3.8) is 0 Å². The van der Waals surface area contributed by atoms with Crippen LogP contribution in [0.1, 0.15) is 49.0 Å².